The number of para-hydroxylation sites is 1. The van der Waals surface area contributed by atoms with E-state index in [4.69, 9.17) is 4.74 Å². The van der Waals surface area contributed by atoms with E-state index in [0.29, 0.717) is 0 Å². The van der Waals surface area contributed by atoms with Crippen LogP contribution in [0.2, 0.25) is 0 Å². The number of carbonyl (C=O) groups is 1. The minimum Gasteiger partial charge on any atom is -0.379 e. The zero-order chi connectivity index (χ0) is 17.5. The summed E-state index contributed by atoms with van der Waals surface area (Å²) in [6, 6.07) is 13.2. The summed E-state index contributed by atoms with van der Waals surface area (Å²) in [6.45, 7) is 6.07. The van der Waals surface area contributed by atoms with E-state index >= 15 is 0 Å². The van der Waals surface area contributed by atoms with Crippen LogP contribution in [0.5, 0.6) is 0 Å². The Bertz CT molecular complexity index is 687. The van der Waals surface area contributed by atoms with Crippen molar-refractivity contribution in [3.8, 4) is 0 Å². The predicted molar refractivity (Wildman–Crippen MR) is 97.3 cm³/mol. The molecule has 0 radical (unpaired) electrons. The maximum Gasteiger partial charge on any atom is 0.319 e. The molecule has 2 heterocycles. The number of amides is 2. The number of morpholine rings is 1. The lowest BCUT2D eigenvalue weighted by Gasteiger charge is -2.27. The molecule has 0 bridgehead atoms. The Balaban J connectivity index is 1.61. The number of benzene rings is 1. The lowest BCUT2D eigenvalue weighted by Crippen LogP contribution is -2.36. The van der Waals surface area contributed by atoms with Crippen LogP contribution in [0.25, 0.3) is 0 Å². The maximum absolute atomic E-state index is 12.4. The first-order valence-corrected chi connectivity index (χ1v) is 8.59. The fraction of sp³-hybridized carbons (Fsp3) is 0.368. The van der Waals surface area contributed by atoms with Gasteiger partial charge in [0.25, 0.3) is 0 Å². The van der Waals surface area contributed by atoms with Crippen molar-refractivity contribution in [1.29, 1.82) is 0 Å². The molecule has 2 aromatic rings. The van der Waals surface area contributed by atoms with E-state index < -0.39 is 0 Å². The summed E-state index contributed by atoms with van der Waals surface area (Å²) in [6.07, 6.45) is 1.73. The molecule has 1 aliphatic heterocycles. The van der Waals surface area contributed by atoms with Gasteiger partial charge in [-0.2, -0.15) is 0 Å². The number of nitrogens with one attached hydrogen (secondary N) is 2. The van der Waals surface area contributed by atoms with E-state index in [0.717, 1.165) is 49.8 Å². The highest BCUT2D eigenvalue weighted by Crippen LogP contribution is 2.18. The Morgan fingerprint density at radius 2 is 1.96 bits per heavy atom. The molecule has 2 N–H and O–H groups in total. The van der Waals surface area contributed by atoms with Crippen molar-refractivity contribution in [3.63, 3.8) is 0 Å². The van der Waals surface area contributed by atoms with Gasteiger partial charge in [0.05, 0.1) is 24.9 Å². The minimum atomic E-state index is -0.229. The molecule has 1 aliphatic rings. The number of pyridine rings is 1. The molecule has 6 nitrogen and oxygen atoms in total. The van der Waals surface area contributed by atoms with Crippen molar-refractivity contribution >= 4 is 11.7 Å². The zero-order valence-electron chi connectivity index (χ0n) is 14.4. The number of rotatable bonds is 5. The van der Waals surface area contributed by atoms with Gasteiger partial charge in [-0.1, -0.05) is 24.3 Å². The Morgan fingerprint density at radius 1 is 1.20 bits per heavy atom. The molecule has 1 fully saturated rings. The molecule has 1 saturated heterocycles. The average molecular weight is 340 g/mol. The Morgan fingerprint density at radius 3 is 2.72 bits per heavy atom. The number of hydrogen-bond acceptors (Lipinski definition) is 4. The maximum atomic E-state index is 12.4. The monoisotopic (exact) mass is 340 g/mol. The summed E-state index contributed by atoms with van der Waals surface area (Å²) >= 11 is 0. The van der Waals surface area contributed by atoms with Crippen LogP contribution in [-0.2, 0) is 11.3 Å². The van der Waals surface area contributed by atoms with E-state index in [1.54, 1.807) is 6.20 Å². The molecular formula is C19H24N4O2. The van der Waals surface area contributed by atoms with Crippen LogP contribution in [0.3, 0.4) is 0 Å². The molecule has 6 heteroatoms. The fourth-order valence-corrected chi connectivity index (χ4v) is 2.84. The number of urea groups is 1. The second-order valence-corrected chi connectivity index (χ2v) is 6.12. The highest BCUT2D eigenvalue weighted by atomic mass is 16.5. The first kappa shape index (κ1) is 17.4. The zero-order valence-corrected chi connectivity index (χ0v) is 14.4. The van der Waals surface area contributed by atoms with E-state index in [9.17, 15) is 4.79 Å². The molecule has 132 valence electrons. The van der Waals surface area contributed by atoms with Crippen molar-refractivity contribution in [2.24, 2.45) is 0 Å². The van der Waals surface area contributed by atoms with Gasteiger partial charge >= 0.3 is 6.03 Å². The number of ether oxygens (including phenoxy) is 1. The normalized spacial score (nSPS) is 16.2. The van der Waals surface area contributed by atoms with Crippen molar-refractivity contribution in [2.75, 3.05) is 31.6 Å². The van der Waals surface area contributed by atoms with Gasteiger partial charge in [0, 0.05) is 31.5 Å². The summed E-state index contributed by atoms with van der Waals surface area (Å²) in [5.74, 6) is 0. The Hall–Kier alpha value is -2.44. The van der Waals surface area contributed by atoms with Gasteiger partial charge in [0.1, 0.15) is 0 Å². The third-order valence-corrected chi connectivity index (χ3v) is 4.24. The highest BCUT2D eigenvalue weighted by molar-refractivity contribution is 5.90. The Labute approximate surface area is 148 Å². The number of anilines is 1. The Kier molecular flexibility index (Phi) is 5.98. The molecule has 0 saturated carbocycles. The van der Waals surface area contributed by atoms with E-state index in [-0.39, 0.29) is 12.1 Å². The van der Waals surface area contributed by atoms with Crippen LogP contribution in [0.1, 0.15) is 24.2 Å². The number of carbonyl (C=O) groups excluding carboxylic acids is 1. The quantitative estimate of drug-likeness (QED) is 0.878. The van der Waals surface area contributed by atoms with Crippen LogP contribution in [0.4, 0.5) is 10.5 Å². The smallest absolute Gasteiger partial charge is 0.319 e. The van der Waals surface area contributed by atoms with Gasteiger partial charge in [-0.25, -0.2) is 4.79 Å². The van der Waals surface area contributed by atoms with Crippen molar-refractivity contribution in [2.45, 2.75) is 19.5 Å². The van der Waals surface area contributed by atoms with E-state index in [1.165, 1.54) is 0 Å². The van der Waals surface area contributed by atoms with E-state index in [2.05, 4.69) is 20.5 Å². The molecule has 25 heavy (non-hydrogen) atoms. The highest BCUT2D eigenvalue weighted by Gasteiger charge is 2.15. The van der Waals surface area contributed by atoms with Crippen LogP contribution < -0.4 is 10.6 Å². The average Bonchev–Trinajstić information content (AvgIpc) is 2.65. The summed E-state index contributed by atoms with van der Waals surface area (Å²) < 4.78 is 5.39. The van der Waals surface area contributed by atoms with Gasteiger partial charge < -0.3 is 15.4 Å². The van der Waals surface area contributed by atoms with Crippen molar-refractivity contribution in [3.05, 3.63) is 59.9 Å². The van der Waals surface area contributed by atoms with Crippen molar-refractivity contribution < 1.29 is 9.53 Å². The van der Waals surface area contributed by atoms with E-state index in [1.807, 2.05) is 49.4 Å². The van der Waals surface area contributed by atoms with Gasteiger partial charge in [-0.05, 0) is 30.7 Å². The van der Waals surface area contributed by atoms with Crippen LogP contribution in [0, 0.1) is 0 Å². The summed E-state index contributed by atoms with van der Waals surface area (Å²) in [5.41, 5.74) is 2.77. The summed E-state index contributed by atoms with van der Waals surface area (Å²) in [5, 5.41) is 5.89. The summed E-state index contributed by atoms with van der Waals surface area (Å²) in [4.78, 5) is 19.0. The molecule has 3 rings (SSSR count). The molecule has 0 aliphatic carbocycles. The standard InChI is InChI=1S/C19H24N4O2/c1-15(17-7-4-5-9-20-17)21-19(24)22-18-8-3-2-6-16(18)14-23-10-12-25-13-11-23/h2-9,15H,10-14H2,1H3,(H2,21,22,24). The third kappa shape index (κ3) is 5.01. The van der Waals surface area contributed by atoms with Gasteiger partial charge in [0.15, 0.2) is 0 Å². The molecular weight excluding hydrogens is 316 g/mol. The lowest BCUT2D eigenvalue weighted by atomic mass is 10.1. The molecule has 1 atom stereocenters. The SMILES string of the molecule is CC(NC(=O)Nc1ccccc1CN1CCOCC1)c1ccccn1. The van der Waals surface area contributed by atoms with Crippen LogP contribution in [-0.4, -0.2) is 42.2 Å². The molecule has 1 unspecified atom stereocenters. The van der Waals surface area contributed by atoms with Gasteiger partial charge in [0.2, 0.25) is 0 Å². The first-order chi connectivity index (χ1) is 12.2. The lowest BCUT2D eigenvalue weighted by molar-refractivity contribution is 0.0343. The molecule has 1 aromatic carbocycles. The number of nitrogens with zero attached hydrogens (tertiary/aromatic N) is 2. The minimum absolute atomic E-state index is 0.160. The first-order valence-electron chi connectivity index (χ1n) is 8.59. The van der Waals surface area contributed by atoms with Gasteiger partial charge in [-0.3, -0.25) is 9.88 Å². The number of aromatic nitrogens is 1. The second-order valence-electron chi connectivity index (χ2n) is 6.12. The van der Waals surface area contributed by atoms with Gasteiger partial charge in [-0.15, -0.1) is 0 Å². The molecule has 1 aromatic heterocycles. The summed E-state index contributed by atoms with van der Waals surface area (Å²) in [7, 11) is 0. The van der Waals surface area contributed by atoms with Crippen LogP contribution in [0.15, 0.2) is 48.7 Å². The largest absolute Gasteiger partial charge is 0.379 e. The molecule has 0 spiro atoms. The molecule has 2 amide bonds. The number of hydrogen-bond donors (Lipinski definition) is 2. The second kappa shape index (κ2) is 8.60. The predicted octanol–water partition coefficient (Wildman–Crippen LogP) is 2.80. The van der Waals surface area contributed by atoms with Crippen LogP contribution >= 0.6 is 0 Å². The third-order valence-electron chi connectivity index (χ3n) is 4.24. The fourth-order valence-electron chi connectivity index (χ4n) is 2.84. The van der Waals surface area contributed by atoms with Crippen molar-refractivity contribution in [1.82, 2.24) is 15.2 Å². The topological polar surface area (TPSA) is 66.5 Å².